The van der Waals surface area contributed by atoms with Crippen molar-refractivity contribution in [3.63, 3.8) is 0 Å². The number of carbonyl (C=O) groups is 1. The molecule has 1 amide bonds. The Morgan fingerprint density at radius 2 is 1.89 bits per heavy atom. The molecule has 1 rings (SSSR count). The van der Waals surface area contributed by atoms with Crippen LogP contribution in [0.4, 0.5) is 4.39 Å². The number of amides is 1. The maximum Gasteiger partial charge on any atom is 0.239 e. The predicted octanol–water partition coefficient (Wildman–Crippen LogP) is 2.72. The van der Waals surface area contributed by atoms with Crippen molar-refractivity contribution >= 4 is 5.91 Å². The highest BCUT2D eigenvalue weighted by Crippen LogP contribution is 2.22. The summed E-state index contributed by atoms with van der Waals surface area (Å²) < 4.78 is 13.7. The van der Waals surface area contributed by atoms with Gasteiger partial charge in [-0.1, -0.05) is 32.0 Å². The first kappa shape index (κ1) is 15.6. The summed E-state index contributed by atoms with van der Waals surface area (Å²) in [4.78, 5) is 13.7. The van der Waals surface area contributed by atoms with Crippen molar-refractivity contribution in [3.05, 3.63) is 35.6 Å². The van der Waals surface area contributed by atoms with Gasteiger partial charge in [-0.15, -0.1) is 0 Å². The van der Waals surface area contributed by atoms with Gasteiger partial charge in [0, 0.05) is 12.6 Å². The third kappa shape index (κ3) is 4.03. The van der Waals surface area contributed by atoms with E-state index in [0.29, 0.717) is 17.9 Å². The van der Waals surface area contributed by atoms with Crippen LogP contribution in [0.5, 0.6) is 0 Å². The van der Waals surface area contributed by atoms with Crippen molar-refractivity contribution in [1.82, 2.24) is 4.90 Å². The molecule has 2 atom stereocenters. The first-order chi connectivity index (χ1) is 8.84. The average Bonchev–Trinajstić information content (AvgIpc) is 2.36. The second kappa shape index (κ2) is 6.66. The van der Waals surface area contributed by atoms with Crippen LogP contribution in [0.15, 0.2) is 24.3 Å². The predicted molar refractivity (Wildman–Crippen MR) is 75.0 cm³/mol. The highest BCUT2D eigenvalue weighted by Gasteiger charge is 2.24. The quantitative estimate of drug-likeness (QED) is 0.890. The number of benzene rings is 1. The fourth-order valence-electron chi connectivity index (χ4n) is 2.08. The van der Waals surface area contributed by atoms with Crippen molar-refractivity contribution in [2.24, 2.45) is 11.7 Å². The SMILES string of the molecule is CC(C)CC(N)C(=O)N(C)C(C)c1ccccc1F. The number of likely N-dealkylation sites (N-methyl/N-ethyl adjacent to an activating group) is 1. The van der Waals surface area contributed by atoms with Gasteiger partial charge < -0.3 is 10.6 Å². The Balaban J connectivity index is 2.80. The van der Waals surface area contributed by atoms with E-state index in [1.54, 1.807) is 32.2 Å². The molecule has 0 saturated heterocycles. The summed E-state index contributed by atoms with van der Waals surface area (Å²) in [5, 5.41) is 0. The lowest BCUT2D eigenvalue weighted by atomic mass is 10.0. The van der Waals surface area contributed by atoms with E-state index >= 15 is 0 Å². The number of rotatable bonds is 5. The van der Waals surface area contributed by atoms with Gasteiger partial charge in [-0.05, 0) is 25.3 Å². The zero-order valence-corrected chi connectivity index (χ0v) is 12.1. The number of halogens is 1. The number of nitrogens with zero attached hydrogens (tertiary/aromatic N) is 1. The van der Waals surface area contributed by atoms with Gasteiger partial charge in [-0.3, -0.25) is 4.79 Å². The van der Waals surface area contributed by atoms with E-state index in [1.807, 2.05) is 13.8 Å². The van der Waals surface area contributed by atoms with E-state index in [4.69, 9.17) is 5.73 Å². The van der Waals surface area contributed by atoms with Crippen molar-refractivity contribution in [2.45, 2.75) is 39.3 Å². The fraction of sp³-hybridized carbons (Fsp3) is 0.533. The van der Waals surface area contributed by atoms with Crippen LogP contribution in [0.1, 0.15) is 38.8 Å². The number of carbonyl (C=O) groups excluding carboxylic acids is 1. The summed E-state index contributed by atoms with van der Waals surface area (Å²) in [5.41, 5.74) is 6.40. The molecular formula is C15H23FN2O. The molecule has 0 bridgehead atoms. The van der Waals surface area contributed by atoms with Crippen LogP contribution in [0.2, 0.25) is 0 Å². The summed E-state index contributed by atoms with van der Waals surface area (Å²) in [6.45, 7) is 5.85. The van der Waals surface area contributed by atoms with E-state index in [1.165, 1.54) is 11.0 Å². The van der Waals surface area contributed by atoms with Crippen LogP contribution >= 0.6 is 0 Å². The molecule has 0 fully saturated rings. The van der Waals surface area contributed by atoms with Gasteiger partial charge in [-0.25, -0.2) is 4.39 Å². The summed E-state index contributed by atoms with van der Waals surface area (Å²) in [6.07, 6.45) is 0.632. The van der Waals surface area contributed by atoms with Gasteiger partial charge in [0.25, 0.3) is 0 Å². The molecule has 2 N–H and O–H groups in total. The standard InChI is InChI=1S/C15H23FN2O/c1-10(2)9-14(17)15(19)18(4)11(3)12-7-5-6-8-13(12)16/h5-8,10-11,14H,9,17H2,1-4H3. The Bertz CT molecular complexity index is 434. The van der Waals surface area contributed by atoms with Crippen LogP contribution < -0.4 is 5.73 Å². The topological polar surface area (TPSA) is 46.3 Å². The normalized spacial score (nSPS) is 14.3. The van der Waals surface area contributed by atoms with Crippen LogP contribution in [0, 0.1) is 11.7 Å². The molecule has 0 aliphatic carbocycles. The average molecular weight is 266 g/mol. The van der Waals surface area contributed by atoms with E-state index in [-0.39, 0.29) is 17.8 Å². The maximum absolute atomic E-state index is 13.7. The molecule has 4 heteroatoms. The summed E-state index contributed by atoms with van der Waals surface area (Å²) in [7, 11) is 1.67. The molecule has 1 aromatic rings. The fourth-order valence-corrected chi connectivity index (χ4v) is 2.08. The summed E-state index contributed by atoms with van der Waals surface area (Å²) in [6, 6.07) is 5.64. The van der Waals surface area contributed by atoms with Gasteiger partial charge in [-0.2, -0.15) is 0 Å². The molecule has 2 unspecified atom stereocenters. The Kier molecular flexibility index (Phi) is 5.48. The van der Waals surface area contributed by atoms with E-state index < -0.39 is 6.04 Å². The molecular weight excluding hydrogens is 243 g/mol. The zero-order valence-electron chi connectivity index (χ0n) is 12.1. The molecule has 106 valence electrons. The van der Waals surface area contributed by atoms with Crippen LogP contribution in [0.25, 0.3) is 0 Å². The molecule has 0 saturated carbocycles. The third-order valence-corrected chi connectivity index (χ3v) is 3.33. The van der Waals surface area contributed by atoms with Gasteiger partial charge in [0.2, 0.25) is 5.91 Å². The Hall–Kier alpha value is -1.42. The third-order valence-electron chi connectivity index (χ3n) is 3.33. The largest absolute Gasteiger partial charge is 0.338 e. The van der Waals surface area contributed by atoms with E-state index in [2.05, 4.69) is 0 Å². The molecule has 0 radical (unpaired) electrons. The maximum atomic E-state index is 13.7. The first-order valence-corrected chi connectivity index (χ1v) is 6.61. The Morgan fingerprint density at radius 3 is 2.42 bits per heavy atom. The van der Waals surface area contributed by atoms with Crippen molar-refractivity contribution in [1.29, 1.82) is 0 Å². The molecule has 0 heterocycles. The van der Waals surface area contributed by atoms with Crippen LogP contribution in [-0.4, -0.2) is 23.9 Å². The second-order valence-corrected chi connectivity index (χ2v) is 5.38. The minimum Gasteiger partial charge on any atom is -0.338 e. The smallest absolute Gasteiger partial charge is 0.239 e. The van der Waals surface area contributed by atoms with Crippen LogP contribution in [0.3, 0.4) is 0 Å². The highest BCUT2D eigenvalue weighted by atomic mass is 19.1. The number of hydrogen-bond acceptors (Lipinski definition) is 2. The summed E-state index contributed by atoms with van der Waals surface area (Å²) in [5.74, 6) is -0.0901. The Morgan fingerprint density at radius 1 is 1.32 bits per heavy atom. The molecule has 0 aliphatic rings. The lowest BCUT2D eigenvalue weighted by Crippen LogP contribution is -2.43. The van der Waals surface area contributed by atoms with Crippen LogP contribution in [-0.2, 0) is 4.79 Å². The second-order valence-electron chi connectivity index (χ2n) is 5.38. The van der Waals surface area contributed by atoms with E-state index in [0.717, 1.165) is 0 Å². The minimum atomic E-state index is -0.528. The number of nitrogens with two attached hydrogens (primary N) is 1. The zero-order chi connectivity index (χ0) is 14.6. The van der Waals surface area contributed by atoms with Crippen molar-refractivity contribution in [3.8, 4) is 0 Å². The summed E-state index contributed by atoms with van der Waals surface area (Å²) >= 11 is 0. The van der Waals surface area contributed by atoms with Crippen molar-refractivity contribution < 1.29 is 9.18 Å². The molecule has 3 nitrogen and oxygen atoms in total. The molecule has 1 aromatic carbocycles. The lowest BCUT2D eigenvalue weighted by Gasteiger charge is -2.28. The first-order valence-electron chi connectivity index (χ1n) is 6.61. The molecule has 0 aliphatic heterocycles. The lowest BCUT2D eigenvalue weighted by molar-refractivity contribution is -0.133. The Labute approximate surface area is 114 Å². The van der Waals surface area contributed by atoms with Gasteiger partial charge >= 0.3 is 0 Å². The van der Waals surface area contributed by atoms with Gasteiger partial charge in [0.1, 0.15) is 5.82 Å². The van der Waals surface area contributed by atoms with Crippen molar-refractivity contribution in [2.75, 3.05) is 7.05 Å². The molecule has 19 heavy (non-hydrogen) atoms. The monoisotopic (exact) mass is 266 g/mol. The number of hydrogen-bond donors (Lipinski definition) is 1. The highest BCUT2D eigenvalue weighted by molar-refractivity contribution is 5.81. The minimum absolute atomic E-state index is 0.149. The van der Waals surface area contributed by atoms with Gasteiger partial charge in [0.15, 0.2) is 0 Å². The van der Waals surface area contributed by atoms with Gasteiger partial charge in [0.05, 0.1) is 12.1 Å². The van der Waals surface area contributed by atoms with E-state index in [9.17, 15) is 9.18 Å². The molecule has 0 spiro atoms. The molecule has 0 aromatic heterocycles.